The fraction of sp³-hybridized carbons (Fsp3) is 0.882. The molecule has 1 amide bonds. The Labute approximate surface area is 158 Å². The smallest absolute Gasteiger partial charge is 0.244 e. The van der Waals surface area contributed by atoms with E-state index in [4.69, 9.17) is 0 Å². The maximum atomic E-state index is 12.3. The minimum Gasteiger partial charge on any atom is -0.356 e. The average molecular weight is 436 g/mol. The fourth-order valence-electron chi connectivity index (χ4n) is 3.18. The van der Waals surface area contributed by atoms with Crippen LogP contribution in [0.2, 0.25) is 0 Å². The molecular formula is C17H33IN4O. The summed E-state index contributed by atoms with van der Waals surface area (Å²) in [5.74, 6) is 1.03. The Balaban J connectivity index is 0.00000264. The van der Waals surface area contributed by atoms with E-state index in [1.54, 1.807) is 0 Å². The van der Waals surface area contributed by atoms with Crippen LogP contribution in [0.1, 0.15) is 53.9 Å². The van der Waals surface area contributed by atoms with Crippen LogP contribution in [0.15, 0.2) is 4.99 Å². The number of halogens is 1. The molecule has 5 nitrogen and oxygen atoms in total. The summed E-state index contributed by atoms with van der Waals surface area (Å²) in [6.45, 7) is 15.0. The van der Waals surface area contributed by atoms with Crippen molar-refractivity contribution in [2.75, 3.05) is 32.7 Å². The van der Waals surface area contributed by atoms with E-state index < -0.39 is 0 Å². The molecule has 0 aliphatic carbocycles. The number of carbonyl (C=O) groups excluding carboxylic acids is 1. The lowest BCUT2D eigenvalue weighted by atomic mass is 9.65. The maximum absolute atomic E-state index is 12.3. The molecule has 2 heterocycles. The van der Waals surface area contributed by atoms with Crippen molar-refractivity contribution in [1.29, 1.82) is 0 Å². The van der Waals surface area contributed by atoms with Gasteiger partial charge in [0.15, 0.2) is 5.96 Å². The lowest BCUT2D eigenvalue weighted by molar-refractivity contribution is -0.130. The van der Waals surface area contributed by atoms with E-state index in [-0.39, 0.29) is 47.4 Å². The first-order chi connectivity index (χ1) is 10.3. The molecule has 0 atom stereocenters. The van der Waals surface area contributed by atoms with Crippen LogP contribution in [0, 0.1) is 5.41 Å². The van der Waals surface area contributed by atoms with E-state index in [0.717, 1.165) is 45.0 Å². The van der Waals surface area contributed by atoms with Crippen molar-refractivity contribution in [3.05, 3.63) is 0 Å². The van der Waals surface area contributed by atoms with Gasteiger partial charge in [-0.1, -0.05) is 13.8 Å². The number of aliphatic imine (C=N–C) groups is 1. The Morgan fingerprint density at radius 1 is 1.13 bits per heavy atom. The van der Waals surface area contributed by atoms with Gasteiger partial charge in [-0.05, 0) is 40.0 Å². The van der Waals surface area contributed by atoms with Crippen LogP contribution >= 0.6 is 24.0 Å². The second-order valence-corrected chi connectivity index (χ2v) is 7.64. The molecule has 0 unspecified atom stereocenters. The van der Waals surface area contributed by atoms with Gasteiger partial charge in [0.05, 0.1) is 0 Å². The first-order valence-corrected chi connectivity index (χ1v) is 8.63. The fourth-order valence-corrected chi connectivity index (χ4v) is 3.18. The van der Waals surface area contributed by atoms with Gasteiger partial charge in [-0.25, -0.2) is 4.99 Å². The first kappa shape index (κ1) is 20.5. The van der Waals surface area contributed by atoms with Crippen LogP contribution in [0.5, 0.6) is 0 Å². The van der Waals surface area contributed by atoms with Crippen molar-refractivity contribution in [1.82, 2.24) is 15.1 Å². The highest BCUT2D eigenvalue weighted by molar-refractivity contribution is 14.0. The number of likely N-dealkylation sites (tertiary alicyclic amines) is 2. The van der Waals surface area contributed by atoms with E-state index >= 15 is 0 Å². The number of piperidine rings is 1. The summed E-state index contributed by atoms with van der Waals surface area (Å²) in [6.07, 6.45) is 3.50. The van der Waals surface area contributed by atoms with Gasteiger partial charge in [0.25, 0.3) is 0 Å². The molecule has 0 saturated carbocycles. The molecule has 6 heteroatoms. The van der Waals surface area contributed by atoms with E-state index in [1.807, 2.05) is 4.90 Å². The van der Waals surface area contributed by atoms with Crippen LogP contribution in [0.3, 0.4) is 0 Å². The van der Waals surface area contributed by atoms with Crippen LogP contribution in [-0.4, -0.2) is 59.9 Å². The van der Waals surface area contributed by atoms with Gasteiger partial charge in [0, 0.05) is 37.1 Å². The second kappa shape index (κ2) is 8.03. The Bertz CT molecular complexity index is 442. The molecule has 0 aromatic carbocycles. The van der Waals surface area contributed by atoms with Gasteiger partial charge in [-0.3, -0.25) is 4.79 Å². The molecule has 1 N–H and O–H groups in total. The van der Waals surface area contributed by atoms with Crippen LogP contribution in [0.4, 0.5) is 0 Å². The normalized spacial score (nSPS) is 22.9. The van der Waals surface area contributed by atoms with Crippen LogP contribution in [-0.2, 0) is 4.79 Å². The third kappa shape index (κ3) is 4.31. The molecule has 0 radical (unpaired) electrons. The number of hydrogen-bond donors (Lipinski definition) is 1. The molecule has 134 valence electrons. The minimum atomic E-state index is 0. The van der Waals surface area contributed by atoms with Crippen molar-refractivity contribution in [2.45, 2.75) is 59.4 Å². The minimum absolute atomic E-state index is 0. The van der Waals surface area contributed by atoms with E-state index in [2.05, 4.69) is 49.8 Å². The quantitative estimate of drug-likeness (QED) is 0.421. The molecule has 2 fully saturated rings. The predicted octanol–water partition coefficient (Wildman–Crippen LogP) is 2.70. The number of nitrogens with one attached hydrogen (secondary N) is 1. The summed E-state index contributed by atoms with van der Waals surface area (Å²) in [5, 5.41) is 3.34. The van der Waals surface area contributed by atoms with Crippen molar-refractivity contribution in [3.63, 3.8) is 0 Å². The standard InChI is InChI=1S/C17H32N4O.HI/c1-6-18-15(21-13-16(2,3)17(21,4)5)19-12-14(22)20-10-8-7-9-11-20;/h6-13H2,1-5H3,(H,18,19);1H. The van der Waals surface area contributed by atoms with Gasteiger partial charge in [0.2, 0.25) is 5.91 Å². The highest BCUT2D eigenvalue weighted by atomic mass is 127. The van der Waals surface area contributed by atoms with Crippen LogP contribution in [0.25, 0.3) is 0 Å². The Kier molecular flexibility index (Phi) is 7.16. The number of hydrogen-bond acceptors (Lipinski definition) is 2. The number of guanidine groups is 1. The number of carbonyl (C=O) groups is 1. The molecule has 0 spiro atoms. The van der Waals surface area contributed by atoms with Crippen molar-refractivity contribution in [2.24, 2.45) is 10.4 Å². The summed E-state index contributed by atoms with van der Waals surface area (Å²) < 4.78 is 0. The molecule has 23 heavy (non-hydrogen) atoms. The average Bonchev–Trinajstić information content (AvgIpc) is 2.50. The second-order valence-electron chi connectivity index (χ2n) is 7.64. The molecule has 2 saturated heterocycles. The highest BCUT2D eigenvalue weighted by Gasteiger charge is 2.53. The predicted molar refractivity (Wildman–Crippen MR) is 106 cm³/mol. The Morgan fingerprint density at radius 2 is 1.74 bits per heavy atom. The van der Waals surface area contributed by atoms with Gasteiger partial charge in [-0.15, -0.1) is 24.0 Å². The van der Waals surface area contributed by atoms with Crippen molar-refractivity contribution in [3.8, 4) is 0 Å². The number of amides is 1. The molecule has 2 aliphatic heterocycles. The summed E-state index contributed by atoms with van der Waals surface area (Å²) in [6, 6.07) is 0. The molecular weight excluding hydrogens is 403 g/mol. The third-order valence-corrected chi connectivity index (χ3v) is 5.55. The number of nitrogens with zero attached hydrogens (tertiary/aromatic N) is 3. The Morgan fingerprint density at radius 3 is 2.22 bits per heavy atom. The molecule has 0 bridgehead atoms. The first-order valence-electron chi connectivity index (χ1n) is 8.63. The van der Waals surface area contributed by atoms with Crippen LogP contribution < -0.4 is 5.32 Å². The molecule has 2 rings (SSSR count). The van der Waals surface area contributed by atoms with E-state index in [1.165, 1.54) is 6.42 Å². The zero-order valence-electron chi connectivity index (χ0n) is 15.3. The largest absolute Gasteiger partial charge is 0.356 e. The zero-order chi connectivity index (χ0) is 16.4. The van der Waals surface area contributed by atoms with Crippen molar-refractivity contribution < 1.29 is 4.79 Å². The SMILES string of the molecule is CCNC(=NCC(=O)N1CCCCC1)N1CC(C)(C)C1(C)C.I. The number of rotatable bonds is 3. The highest BCUT2D eigenvalue weighted by Crippen LogP contribution is 2.46. The summed E-state index contributed by atoms with van der Waals surface area (Å²) in [4.78, 5) is 21.2. The summed E-state index contributed by atoms with van der Waals surface area (Å²) in [5.41, 5.74) is 0.322. The lowest BCUT2D eigenvalue weighted by Gasteiger charge is -2.62. The van der Waals surface area contributed by atoms with Gasteiger partial charge < -0.3 is 15.1 Å². The summed E-state index contributed by atoms with van der Waals surface area (Å²) in [7, 11) is 0. The van der Waals surface area contributed by atoms with E-state index in [0.29, 0.717) is 0 Å². The molecule has 2 aliphatic rings. The Hall–Kier alpha value is -0.530. The maximum Gasteiger partial charge on any atom is 0.244 e. The van der Waals surface area contributed by atoms with Gasteiger partial charge in [0.1, 0.15) is 6.54 Å². The van der Waals surface area contributed by atoms with E-state index in [9.17, 15) is 4.79 Å². The molecule has 0 aromatic heterocycles. The zero-order valence-corrected chi connectivity index (χ0v) is 17.6. The van der Waals surface area contributed by atoms with Crippen molar-refractivity contribution >= 4 is 35.8 Å². The summed E-state index contributed by atoms with van der Waals surface area (Å²) >= 11 is 0. The lowest BCUT2D eigenvalue weighted by Crippen LogP contribution is -2.72. The third-order valence-electron chi connectivity index (χ3n) is 5.55. The van der Waals surface area contributed by atoms with Gasteiger partial charge in [-0.2, -0.15) is 0 Å². The monoisotopic (exact) mass is 436 g/mol. The topological polar surface area (TPSA) is 47.9 Å². The van der Waals surface area contributed by atoms with Gasteiger partial charge >= 0.3 is 0 Å². The molecule has 0 aromatic rings.